The predicted octanol–water partition coefficient (Wildman–Crippen LogP) is 2.61. The Kier molecular flexibility index (Phi) is 4.88. The van der Waals surface area contributed by atoms with Crippen molar-refractivity contribution in [1.82, 2.24) is 15.5 Å². The van der Waals surface area contributed by atoms with Crippen molar-refractivity contribution < 1.29 is 9.59 Å². The zero-order valence-electron chi connectivity index (χ0n) is 12.5. The summed E-state index contributed by atoms with van der Waals surface area (Å²) < 4.78 is 0. The first-order valence-electron chi connectivity index (χ1n) is 6.86. The maximum Gasteiger partial charge on any atom is 0.322 e. The molecule has 1 aromatic rings. The largest absolute Gasteiger partial charge is 0.355 e. The fourth-order valence-electron chi connectivity index (χ4n) is 2.50. The van der Waals surface area contributed by atoms with E-state index in [1.54, 1.807) is 38.2 Å². The number of carbonyl (C=O) groups excluding carboxylic acids is 2. The van der Waals surface area contributed by atoms with Crippen LogP contribution in [-0.4, -0.2) is 30.4 Å². The molecule has 0 saturated carbocycles. The maximum atomic E-state index is 12.3. The summed E-state index contributed by atoms with van der Waals surface area (Å²) in [6.07, 6.45) is 1.62. The van der Waals surface area contributed by atoms with Crippen molar-refractivity contribution in [2.45, 2.75) is 13.0 Å². The summed E-state index contributed by atoms with van der Waals surface area (Å²) in [6, 6.07) is 6.30. The second-order valence-corrected chi connectivity index (χ2v) is 5.35. The molecule has 1 heterocycles. The Labute approximate surface area is 134 Å². The molecule has 3 amide bonds. The van der Waals surface area contributed by atoms with E-state index in [-0.39, 0.29) is 11.9 Å². The van der Waals surface area contributed by atoms with Crippen LogP contribution >= 0.6 is 11.6 Å². The third kappa shape index (κ3) is 2.99. The summed E-state index contributed by atoms with van der Waals surface area (Å²) in [5.74, 6) is -0.239. The van der Waals surface area contributed by atoms with Gasteiger partial charge in [-0.1, -0.05) is 29.8 Å². The summed E-state index contributed by atoms with van der Waals surface area (Å²) in [6.45, 7) is 5.73. The number of hydrogen-bond acceptors (Lipinski definition) is 2. The van der Waals surface area contributed by atoms with Crippen molar-refractivity contribution >= 4 is 23.5 Å². The highest BCUT2D eigenvalue weighted by molar-refractivity contribution is 6.30. The van der Waals surface area contributed by atoms with Crippen LogP contribution in [0.3, 0.4) is 0 Å². The molecule has 1 aromatic carbocycles. The molecule has 22 heavy (non-hydrogen) atoms. The van der Waals surface area contributed by atoms with Gasteiger partial charge in [0, 0.05) is 24.3 Å². The smallest absolute Gasteiger partial charge is 0.322 e. The third-order valence-corrected chi connectivity index (χ3v) is 3.80. The molecular formula is C16H18ClN3O2. The van der Waals surface area contributed by atoms with Crippen LogP contribution < -0.4 is 10.6 Å². The van der Waals surface area contributed by atoms with E-state index in [0.29, 0.717) is 22.8 Å². The van der Waals surface area contributed by atoms with Crippen LogP contribution in [0, 0.1) is 0 Å². The van der Waals surface area contributed by atoms with Gasteiger partial charge in [-0.25, -0.2) is 4.79 Å². The average molecular weight is 320 g/mol. The van der Waals surface area contributed by atoms with Gasteiger partial charge in [-0.15, -0.1) is 6.58 Å². The normalized spacial score (nSPS) is 18.0. The van der Waals surface area contributed by atoms with E-state index in [0.717, 1.165) is 5.56 Å². The van der Waals surface area contributed by atoms with Crippen molar-refractivity contribution in [2.75, 3.05) is 13.6 Å². The van der Waals surface area contributed by atoms with E-state index in [1.807, 2.05) is 6.07 Å². The number of benzene rings is 1. The van der Waals surface area contributed by atoms with E-state index >= 15 is 0 Å². The Morgan fingerprint density at radius 2 is 2.27 bits per heavy atom. The topological polar surface area (TPSA) is 61.4 Å². The Morgan fingerprint density at radius 1 is 1.55 bits per heavy atom. The van der Waals surface area contributed by atoms with E-state index < -0.39 is 6.04 Å². The summed E-state index contributed by atoms with van der Waals surface area (Å²) in [5, 5.41) is 6.03. The molecule has 116 valence electrons. The summed E-state index contributed by atoms with van der Waals surface area (Å²) >= 11 is 6.02. The van der Waals surface area contributed by atoms with Crippen LogP contribution in [0.5, 0.6) is 0 Å². The maximum absolute atomic E-state index is 12.3. The van der Waals surface area contributed by atoms with Crippen LogP contribution in [0.4, 0.5) is 4.79 Å². The molecule has 2 N–H and O–H groups in total. The van der Waals surface area contributed by atoms with E-state index in [1.165, 1.54) is 4.90 Å². The molecule has 1 atom stereocenters. The molecule has 0 aliphatic carbocycles. The van der Waals surface area contributed by atoms with Crippen molar-refractivity contribution in [1.29, 1.82) is 0 Å². The molecular weight excluding hydrogens is 302 g/mol. The van der Waals surface area contributed by atoms with Crippen LogP contribution in [0.25, 0.3) is 0 Å². The molecule has 0 spiro atoms. The van der Waals surface area contributed by atoms with Crippen molar-refractivity contribution in [3.8, 4) is 0 Å². The molecule has 0 bridgehead atoms. The van der Waals surface area contributed by atoms with Gasteiger partial charge in [0.1, 0.15) is 0 Å². The number of hydrogen-bond donors (Lipinski definition) is 2. The second kappa shape index (κ2) is 6.66. The molecule has 1 aliphatic rings. The number of rotatable bonds is 4. The van der Waals surface area contributed by atoms with Gasteiger partial charge in [0.05, 0.1) is 11.6 Å². The minimum atomic E-state index is -0.535. The fourth-order valence-corrected chi connectivity index (χ4v) is 2.69. The molecule has 5 nitrogen and oxygen atoms in total. The quantitative estimate of drug-likeness (QED) is 0.838. The minimum Gasteiger partial charge on any atom is -0.355 e. The molecule has 1 aliphatic heterocycles. The monoisotopic (exact) mass is 319 g/mol. The van der Waals surface area contributed by atoms with Gasteiger partial charge < -0.3 is 10.6 Å². The summed E-state index contributed by atoms with van der Waals surface area (Å²) in [5.41, 5.74) is 1.86. The van der Waals surface area contributed by atoms with Gasteiger partial charge in [0.15, 0.2) is 0 Å². The van der Waals surface area contributed by atoms with Gasteiger partial charge in [-0.3, -0.25) is 9.69 Å². The first-order chi connectivity index (χ1) is 10.5. The number of allylic oxidation sites excluding steroid dienone is 1. The summed E-state index contributed by atoms with van der Waals surface area (Å²) in [4.78, 5) is 26.1. The highest BCUT2D eigenvalue weighted by Gasteiger charge is 2.34. The lowest BCUT2D eigenvalue weighted by Crippen LogP contribution is -2.49. The molecule has 0 unspecified atom stereocenters. The Morgan fingerprint density at radius 3 is 2.86 bits per heavy atom. The third-order valence-electron chi connectivity index (χ3n) is 3.56. The average Bonchev–Trinajstić information content (AvgIpc) is 2.50. The van der Waals surface area contributed by atoms with Crippen LogP contribution in [0.15, 0.2) is 48.2 Å². The van der Waals surface area contributed by atoms with Crippen molar-refractivity contribution in [3.63, 3.8) is 0 Å². The van der Waals surface area contributed by atoms with Gasteiger partial charge >= 0.3 is 6.03 Å². The van der Waals surface area contributed by atoms with Crippen LogP contribution in [-0.2, 0) is 4.79 Å². The molecule has 0 aromatic heterocycles. The summed E-state index contributed by atoms with van der Waals surface area (Å²) in [7, 11) is 1.56. The minimum absolute atomic E-state index is 0.239. The Hall–Kier alpha value is -2.27. The highest BCUT2D eigenvalue weighted by atomic mass is 35.5. The fraction of sp³-hybridized carbons (Fsp3) is 0.250. The van der Waals surface area contributed by atoms with E-state index in [2.05, 4.69) is 17.2 Å². The van der Waals surface area contributed by atoms with Gasteiger partial charge in [-0.05, 0) is 24.6 Å². The molecule has 6 heteroatoms. The van der Waals surface area contributed by atoms with Crippen molar-refractivity contribution in [3.05, 3.63) is 58.8 Å². The zero-order chi connectivity index (χ0) is 16.3. The molecule has 0 fully saturated rings. The number of carbonyl (C=O) groups is 2. The lowest BCUT2D eigenvalue weighted by Gasteiger charge is -2.35. The molecule has 0 saturated heterocycles. The predicted molar refractivity (Wildman–Crippen MR) is 86.4 cm³/mol. The van der Waals surface area contributed by atoms with Crippen molar-refractivity contribution in [2.24, 2.45) is 0 Å². The standard InChI is InChI=1S/C16H18ClN3O2/c1-4-8-20-10(2)13(15(21)18-3)14(19-16(20)22)11-6-5-7-12(17)9-11/h4-7,9,14H,1,8H2,2-3H3,(H,18,21)(H,19,22)/t14-/m0/s1. The Balaban J connectivity index is 2.55. The number of halogens is 1. The first kappa shape index (κ1) is 16.1. The second-order valence-electron chi connectivity index (χ2n) is 4.91. The number of nitrogens with zero attached hydrogens (tertiary/aromatic N) is 1. The number of likely N-dealkylation sites (N-methyl/N-ethyl adjacent to an activating group) is 1. The first-order valence-corrected chi connectivity index (χ1v) is 7.24. The van der Waals surface area contributed by atoms with Gasteiger partial charge in [0.2, 0.25) is 0 Å². The lowest BCUT2D eigenvalue weighted by atomic mass is 9.94. The molecule has 0 radical (unpaired) electrons. The molecule has 2 rings (SSSR count). The van der Waals surface area contributed by atoms with Gasteiger partial charge in [0.25, 0.3) is 5.91 Å². The van der Waals surface area contributed by atoms with E-state index in [9.17, 15) is 9.59 Å². The number of nitrogens with one attached hydrogen (secondary N) is 2. The Bertz CT molecular complexity index is 655. The van der Waals surface area contributed by atoms with Crippen LogP contribution in [0.1, 0.15) is 18.5 Å². The number of amides is 3. The van der Waals surface area contributed by atoms with E-state index in [4.69, 9.17) is 11.6 Å². The zero-order valence-corrected chi connectivity index (χ0v) is 13.3. The van der Waals surface area contributed by atoms with Crippen LogP contribution in [0.2, 0.25) is 5.02 Å². The lowest BCUT2D eigenvalue weighted by molar-refractivity contribution is -0.117. The highest BCUT2D eigenvalue weighted by Crippen LogP contribution is 2.31. The van der Waals surface area contributed by atoms with Gasteiger partial charge in [-0.2, -0.15) is 0 Å². The SMILES string of the molecule is C=CCN1C(=O)N[C@@H](c2cccc(Cl)c2)C(C(=O)NC)=C1C. The number of urea groups is 1.